The first kappa shape index (κ1) is 18.8. The predicted octanol–water partition coefficient (Wildman–Crippen LogP) is 1.41. The first-order valence-electron chi connectivity index (χ1n) is 6.29. The Labute approximate surface area is 120 Å². The zero-order chi connectivity index (χ0) is 16.0. The lowest BCUT2D eigenvalue weighted by atomic mass is 9.88. The molecular weight excluding hydrogens is 259 g/mol. The molecule has 1 rings (SSSR count). The van der Waals surface area contributed by atoms with Crippen LogP contribution in [0.5, 0.6) is 0 Å². The van der Waals surface area contributed by atoms with Gasteiger partial charge in [0.05, 0.1) is 11.2 Å². The van der Waals surface area contributed by atoms with Crippen molar-refractivity contribution >= 4 is 13.1 Å². The van der Waals surface area contributed by atoms with E-state index >= 15 is 0 Å². The van der Waals surface area contributed by atoms with Gasteiger partial charge in [0.1, 0.15) is 0 Å². The van der Waals surface area contributed by atoms with Crippen molar-refractivity contribution in [3.63, 3.8) is 0 Å². The third-order valence-corrected chi connectivity index (χ3v) is 3.05. The zero-order valence-electron chi connectivity index (χ0n) is 12.6. The van der Waals surface area contributed by atoms with Crippen LogP contribution in [0, 0.1) is 0 Å². The maximum absolute atomic E-state index is 10.6. The predicted molar refractivity (Wildman–Crippen MR) is 78.1 cm³/mol. The molecule has 0 amide bonds. The Hall–Kier alpha value is -1.21. The highest BCUT2D eigenvalue weighted by molar-refractivity contribution is 6.32. The molecule has 1 aromatic rings. The Kier molecular flexibility index (Phi) is 7.09. The summed E-state index contributed by atoms with van der Waals surface area (Å²) in [5.41, 5.74) is -1.32. The highest BCUT2D eigenvalue weighted by atomic mass is 16.6. The molecule has 0 atom stereocenters. The summed E-state index contributed by atoms with van der Waals surface area (Å²) in [5.74, 6) is 0.121. The number of ketones is 1. The Balaban J connectivity index is 0.000000367. The van der Waals surface area contributed by atoms with E-state index < -0.39 is 18.5 Å². The minimum atomic E-state index is -1.85. The summed E-state index contributed by atoms with van der Waals surface area (Å²) >= 11 is 0. The summed E-state index contributed by atoms with van der Waals surface area (Å²) < 4.78 is 4.66. The van der Waals surface area contributed by atoms with Gasteiger partial charge < -0.3 is 19.8 Å². The minimum Gasteiger partial charge on any atom is -0.402 e. The maximum atomic E-state index is 10.6. The topological polar surface area (TPSA) is 87.0 Å². The largest absolute Gasteiger partial charge is 0.634 e. The fourth-order valence-corrected chi connectivity index (χ4v) is 1.08. The summed E-state index contributed by atoms with van der Waals surface area (Å²) in [4.78, 5) is 10.6. The molecule has 0 saturated heterocycles. The third kappa shape index (κ3) is 6.82. The minimum absolute atomic E-state index is 0.121. The van der Waals surface area contributed by atoms with E-state index in [1.54, 1.807) is 20.8 Å². The summed E-state index contributed by atoms with van der Waals surface area (Å²) in [6, 6.07) is 9.23. The standard InChI is InChI=1S/C8H8O.C6H15BO4/c1-7(9)8-5-3-2-4-6-8;1-5(2,8)6(3,4)11-7(9)10/h2-6H,1H3;8-10H,1-4H3. The van der Waals surface area contributed by atoms with Crippen molar-refractivity contribution in [1.29, 1.82) is 0 Å². The quantitative estimate of drug-likeness (QED) is 0.574. The number of hydrogen-bond acceptors (Lipinski definition) is 5. The molecule has 0 heterocycles. The summed E-state index contributed by atoms with van der Waals surface area (Å²) in [6.07, 6.45) is 0. The lowest BCUT2D eigenvalue weighted by Crippen LogP contribution is -2.50. The normalized spacial score (nSPS) is 11.4. The van der Waals surface area contributed by atoms with Gasteiger partial charge in [-0.2, -0.15) is 0 Å². The average Bonchev–Trinajstić information content (AvgIpc) is 2.27. The third-order valence-electron chi connectivity index (χ3n) is 3.05. The molecule has 112 valence electrons. The van der Waals surface area contributed by atoms with Crippen molar-refractivity contribution in [2.24, 2.45) is 0 Å². The van der Waals surface area contributed by atoms with Crippen molar-refractivity contribution in [3.8, 4) is 0 Å². The molecule has 0 fully saturated rings. The van der Waals surface area contributed by atoms with Crippen molar-refractivity contribution in [2.45, 2.75) is 45.8 Å². The van der Waals surface area contributed by atoms with Gasteiger partial charge in [-0.3, -0.25) is 4.79 Å². The van der Waals surface area contributed by atoms with E-state index in [0.29, 0.717) is 0 Å². The monoisotopic (exact) mass is 282 g/mol. The molecule has 6 heteroatoms. The smallest absolute Gasteiger partial charge is 0.402 e. The fraction of sp³-hybridized carbons (Fsp3) is 0.500. The number of benzene rings is 1. The Morgan fingerprint density at radius 1 is 1.10 bits per heavy atom. The van der Waals surface area contributed by atoms with Gasteiger partial charge >= 0.3 is 7.32 Å². The van der Waals surface area contributed by atoms with Crippen molar-refractivity contribution in [2.75, 3.05) is 0 Å². The van der Waals surface area contributed by atoms with Crippen molar-refractivity contribution in [3.05, 3.63) is 35.9 Å². The van der Waals surface area contributed by atoms with Crippen LogP contribution in [0.2, 0.25) is 0 Å². The van der Waals surface area contributed by atoms with Gasteiger partial charge in [0.2, 0.25) is 0 Å². The lowest BCUT2D eigenvalue weighted by Gasteiger charge is -2.37. The second kappa shape index (κ2) is 7.54. The van der Waals surface area contributed by atoms with Crippen LogP contribution in [0.4, 0.5) is 0 Å². The van der Waals surface area contributed by atoms with Gasteiger partial charge in [-0.05, 0) is 34.6 Å². The highest BCUT2D eigenvalue weighted by Gasteiger charge is 2.38. The highest BCUT2D eigenvalue weighted by Crippen LogP contribution is 2.24. The number of carbonyl (C=O) groups excluding carboxylic acids is 1. The van der Waals surface area contributed by atoms with E-state index in [1.165, 1.54) is 13.8 Å². The van der Waals surface area contributed by atoms with Crippen LogP contribution < -0.4 is 0 Å². The molecule has 0 bridgehead atoms. The lowest BCUT2D eigenvalue weighted by molar-refractivity contribution is -0.109. The van der Waals surface area contributed by atoms with Crippen LogP contribution in [-0.4, -0.2) is 39.5 Å². The molecule has 1 aromatic carbocycles. The zero-order valence-corrected chi connectivity index (χ0v) is 12.6. The van der Waals surface area contributed by atoms with Crippen LogP contribution in [0.3, 0.4) is 0 Å². The van der Waals surface area contributed by atoms with E-state index in [0.717, 1.165) is 5.56 Å². The molecule has 0 saturated carbocycles. The summed E-state index contributed by atoms with van der Waals surface area (Å²) in [5, 5.41) is 26.4. The molecule has 0 aliphatic heterocycles. The number of rotatable bonds is 4. The van der Waals surface area contributed by atoms with Crippen LogP contribution in [0.25, 0.3) is 0 Å². The SMILES string of the molecule is CC(=O)c1ccccc1.CC(C)(O)C(C)(C)OB(O)O. The molecular formula is C14H23BO5. The molecule has 0 aliphatic rings. The Morgan fingerprint density at radius 2 is 1.55 bits per heavy atom. The van der Waals surface area contributed by atoms with Gasteiger partial charge in [-0.25, -0.2) is 0 Å². The van der Waals surface area contributed by atoms with Gasteiger partial charge in [0, 0.05) is 5.56 Å². The Bertz CT molecular complexity index is 409. The maximum Gasteiger partial charge on any atom is 0.634 e. The van der Waals surface area contributed by atoms with Crippen molar-refractivity contribution in [1.82, 2.24) is 0 Å². The van der Waals surface area contributed by atoms with E-state index in [2.05, 4.69) is 4.65 Å². The van der Waals surface area contributed by atoms with Gasteiger partial charge in [-0.1, -0.05) is 30.3 Å². The second-order valence-electron chi connectivity index (χ2n) is 5.44. The molecule has 0 aliphatic carbocycles. The van der Waals surface area contributed by atoms with E-state index in [-0.39, 0.29) is 5.78 Å². The summed E-state index contributed by atoms with van der Waals surface area (Å²) in [6.45, 7) is 7.79. The van der Waals surface area contributed by atoms with E-state index in [9.17, 15) is 9.90 Å². The first-order valence-corrected chi connectivity index (χ1v) is 6.29. The Morgan fingerprint density at radius 3 is 1.75 bits per heavy atom. The molecule has 3 N–H and O–H groups in total. The molecule has 20 heavy (non-hydrogen) atoms. The molecule has 0 spiro atoms. The van der Waals surface area contributed by atoms with Crippen LogP contribution in [0.15, 0.2) is 30.3 Å². The van der Waals surface area contributed by atoms with Gasteiger partial charge in [0.15, 0.2) is 5.78 Å². The molecule has 5 nitrogen and oxygen atoms in total. The van der Waals surface area contributed by atoms with Crippen molar-refractivity contribution < 1.29 is 24.6 Å². The average molecular weight is 282 g/mol. The fourth-order valence-electron chi connectivity index (χ4n) is 1.08. The first-order chi connectivity index (χ1) is 8.97. The molecule has 0 aromatic heterocycles. The van der Waals surface area contributed by atoms with Crippen LogP contribution in [0.1, 0.15) is 45.0 Å². The van der Waals surface area contributed by atoms with Crippen LogP contribution >= 0.6 is 0 Å². The van der Waals surface area contributed by atoms with Gasteiger partial charge in [-0.15, -0.1) is 0 Å². The summed E-state index contributed by atoms with van der Waals surface area (Å²) in [7, 11) is -1.85. The van der Waals surface area contributed by atoms with Crippen LogP contribution in [-0.2, 0) is 4.65 Å². The molecule has 0 radical (unpaired) electrons. The number of aliphatic hydroxyl groups is 1. The number of Topliss-reactive ketones (excluding diaryl/α,β-unsaturated/α-hetero) is 1. The molecule has 0 unspecified atom stereocenters. The van der Waals surface area contributed by atoms with E-state index in [4.69, 9.17) is 10.0 Å². The van der Waals surface area contributed by atoms with E-state index in [1.807, 2.05) is 30.3 Å². The second-order valence-corrected chi connectivity index (χ2v) is 5.44. The number of hydrogen-bond donors (Lipinski definition) is 3. The number of carbonyl (C=O) groups is 1. The van der Waals surface area contributed by atoms with Gasteiger partial charge in [0.25, 0.3) is 0 Å².